The Morgan fingerprint density at radius 2 is 1.81 bits per heavy atom. The molecular weight excluding hydrogens is 322 g/mol. The Morgan fingerprint density at radius 3 is 2.42 bits per heavy atom. The second kappa shape index (κ2) is 7.76. The van der Waals surface area contributed by atoms with Crippen molar-refractivity contribution in [2.75, 3.05) is 42.9 Å². The summed E-state index contributed by atoms with van der Waals surface area (Å²) < 4.78 is 0. The first-order valence-corrected chi connectivity index (χ1v) is 9.46. The van der Waals surface area contributed by atoms with Crippen molar-refractivity contribution < 1.29 is 0 Å². The van der Waals surface area contributed by atoms with Gasteiger partial charge in [-0.2, -0.15) is 5.26 Å². The van der Waals surface area contributed by atoms with E-state index in [0.29, 0.717) is 5.69 Å². The minimum Gasteiger partial charge on any atom is -0.380 e. The SMILES string of the molecule is N#Cc1ccc(NCc2ccc(N3CCN(CC4CC4)CC3)cc2)cn1. The zero-order valence-corrected chi connectivity index (χ0v) is 15.1. The maximum absolute atomic E-state index is 8.79. The van der Waals surface area contributed by atoms with E-state index in [0.717, 1.165) is 31.2 Å². The lowest BCUT2D eigenvalue weighted by molar-refractivity contribution is 0.248. The summed E-state index contributed by atoms with van der Waals surface area (Å²) in [6.07, 6.45) is 4.58. The van der Waals surface area contributed by atoms with E-state index in [1.165, 1.54) is 43.7 Å². The van der Waals surface area contributed by atoms with Gasteiger partial charge >= 0.3 is 0 Å². The van der Waals surface area contributed by atoms with Gasteiger partial charge in [0.25, 0.3) is 0 Å². The van der Waals surface area contributed by atoms with Crippen molar-refractivity contribution in [3.8, 4) is 6.07 Å². The molecule has 1 aromatic carbocycles. The number of aromatic nitrogens is 1. The lowest BCUT2D eigenvalue weighted by atomic mass is 10.1. The average Bonchev–Trinajstić information content (AvgIpc) is 3.52. The molecule has 1 saturated carbocycles. The van der Waals surface area contributed by atoms with Gasteiger partial charge in [-0.15, -0.1) is 0 Å². The fourth-order valence-electron chi connectivity index (χ4n) is 3.45. The number of nitriles is 1. The van der Waals surface area contributed by atoms with Gasteiger partial charge in [-0.1, -0.05) is 12.1 Å². The normalized spacial score (nSPS) is 17.7. The van der Waals surface area contributed by atoms with Crippen molar-refractivity contribution in [3.63, 3.8) is 0 Å². The van der Waals surface area contributed by atoms with Crippen LogP contribution in [0.3, 0.4) is 0 Å². The summed E-state index contributed by atoms with van der Waals surface area (Å²) in [6.45, 7) is 6.69. The highest BCUT2D eigenvalue weighted by atomic mass is 15.3. The molecule has 4 rings (SSSR count). The van der Waals surface area contributed by atoms with Crippen molar-refractivity contribution in [1.82, 2.24) is 9.88 Å². The standard InChI is InChI=1S/C21H25N5/c22-13-19-5-6-20(15-24-19)23-14-17-3-7-21(8-4-17)26-11-9-25(10-12-26)16-18-1-2-18/h3-8,15,18,23H,1-2,9-12,14,16H2. The Labute approximate surface area is 155 Å². The highest BCUT2D eigenvalue weighted by molar-refractivity contribution is 5.49. The minimum absolute atomic E-state index is 0.442. The first-order chi connectivity index (χ1) is 12.8. The third-order valence-electron chi connectivity index (χ3n) is 5.26. The van der Waals surface area contributed by atoms with E-state index in [2.05, 4.69) is 44.4 Å². The summed E-state index contributed by atoms with van der Waals surface area (Å²) in [6, 6.07) is 14.5. The Balaban J connectivity index is 1.27. The Bertz CT molecular complexity index is 750. The number of benzene rings is 1. The summed E-state index contributed by atoms with van der Waals surface area (Å²) in [5.41, 5.74) is 3.93. The second-order valence-electron chi connectivity index (χ2n) is 7.29. The van der Waals surface area contributed by atoms with Gasteiger partial charge in [-0.05, 0) is 48.6 Å². The molecule has 1 N–H and O–H groups in total. The molecule has 2 aromatic rings. The first-order valence-electron chi connectivity index (χ1n) is 9.46. The molecule has 26 heavy (non-hydrogen) atoms. The van der Waals surface area contributed by atoms with E-state index < -0.39 is 0 Å². The summed E-state index contributed by atoms with van der Waals surface area (Å²) >= 11 is 0. The molecule has 0 amide bonds. The molecule has 0 atom stereocenters. The lowest BCUT2D eigenvalue weighted by Crippen LogP contribution is -2.47. The van der Waals surface area contributed by atoms with Gasteiger partial charge in [0.05, 0.1) is 11.9 Å². The molecule has 1 aliphatic heterocycles. The number of rotatable bonds is 6. The van der Waals surface area contributed by atoms with Gasteiger partial charge in [0.15, 0.2) is 0 Å². The van der Waals surface area contributed by atoms with Crippen LogP contribution in [0.15, 0.2) is 42.6 Å². The molecule has 2 heterocycles. The lowest BCUT2D eigenvalue weighted by Gasteiger charge is -2.36. The summed E-state index contributed by atoms with van der Waals surface area (Å²) in [5, 5.41) is 12.1. The molecule has 134 valence electrons. The van der Waals surface area contributed by atoms with Gasteiger partial charge < -0.3 is 10.2 Å². The van der Waals surface area contributed by atoms with Crippen LogP contribution in [0.5, 0.6) is 0 Å². The number of anilines is 2. The summed E-state index contributed by atoms with van der Waals surface area (Å²) in [5.74, 6) is 0.986. The van der Waals surface area contributed by atoms with Crippen LogP contribution in [-0.2, 0) is 6.54 Å². The van der Waals surface area contributed by atoms with Crippen molar-refractivity contribution in [3.05, 3.63) is 53.9 Å². The molecular formula is C21H25N5. The third kappa shape index (κ3) is 4.33. The zero-order valence-electron chi connectivity index (χ0n) is 15.1. The highest BCUT2D eigenvalue weighted by Crippen LogP contribution is 2.30. The molecule has 1 aliphatic carbocycles. The summed E-state index contributed by atoms with van der Waals surface area (Å²) in [4.78, 5) is 9.19. The van der Waals surface area contributed by atoms with Crippen molar-refractivity contribution in [2.24, 2.45) is 5.92 Å². The molecule has 5 heteroatoms. The molecule has 0 bridgehead atoms. The Morgan fingerprint density at radius 1 is 1.04 bits per heavy atom. The molecule has 2 fully saturated rings. The topological polar surface area (TPSA) is 55.2 Å². The smallest absolute Gasteiger partial charge is 0.140 e. The van der Waals surface area contributed by atoms with E-state index in [-0.39, 0.29) is 0 Å². The van der Waals surface area contributed by atoms with Crippen LogP contribution in [0.4, 0.5) is 11.4 Å². The molecule has 5 nitrogen and oxygen atoms in total. The number of nitrogens with one attached hydrogen (secondary N) is 1. The maximum Gasteiger partial charge on any atom is 0.140 e. The van der Waals surface area contributed by atoms with Crippen molar-refractivity contribution in [1.29, 1.82) is 5.26 Å². The van der Waals surface area contributed by atoms with Gasteiger partial charge in [0.2, 0.25) is 0 Å². The Hall–Kier alpha value is -2.58. The molecule has 0 unspecified atom stereocenters. The number of hydrogen-bond acceptors (Lipinski definition) is 5. The van der Waals surface area contributed by atoms with Crippen LogP contribution < -0.4 is 10.2 Å². The summed E-state index contributed by atoms with van der Waals surface area (Å²) in [7, 11) is 0. The van der Waals surface area contributed by atoms with E-state index in [9.17, 15) is 0 Å². The second-order valence-corrected chi connectivity index (χ2v) is 7.29. The van der Waals surface area contributed by atoms with Gasteiger partial charge in [0.1, 0.15) is 11.8 Å². The number of hydrogen-bond donors (Lipinski definition) is 1. The van der Waals surface area contributed by atoms with E-state index in [1.54, 1.807) is 12.3 Å². The maximum atomic E-state index is 8.79. The van der Waals surface area contributed by atoms with Crippen LogP contribution >= 0.6 is 0 Å². The molecule has 2 aliphatic rings. The minimum atomic E-state index is 0.442. The highest BCUT2D eigenvalue weighted by Gasteiger charge is 2.26. The number of nitrogens with zero attached hydrogens (tertiary/aromatic N) is 4. The van der Waals surface area contributed by atoms with Gasteiger partial charge in [-0.25, -0.2) is 4.98 Å². The zero-order chi connectivity index (χ0) is 17.8. The quantitative estimate of drug-likeness (QED) is 0.870. The van der Waals surface area contributed by atoms with Crippen LogP contribution in [0.1, 0.15) is 24.1 Å². The van der Waals surface area contributed by atoms with E-state index >= 15 is 0 Å². The fraction of sp³-hybridized carbons (Fsp3) is 0.429. The third-order valence-corrected chi connectivity index (χ3v) is 5.26. The molecule has 0 radical (unpaired) electrons. The van der Waals surface area contributed by atoms with Gasteiger partial charge in [-0.3, -0.25) is 4.90 Å². The Kier molecular flexibility index (Phi) is 5.03. The van der Waals surface area contributed by atoms with Crippen LogP contribution in [-0.4, -0.2) is 42.6 Å². The van der Waals surface area contributed by atoms with Crippen LogP contribution in [0.2, 0.25) is 0 Å². The number of pyridine rings is 1. The molecule has 1 aromatic heterocycles. The predicted molar refractivity (Wildman–Crippen MR) is 104 cm³/mol. The van der Waals surface area contributed by atoms with E-state index in [4.69, 9.17) is 5.26 Å². The monoisotopic (exact) mass is 347 g/mol. The molecule has 0 spiro atoms. The average molecular weight is 347 g/mol. The number of piperazine rings is 1. The predicted octanol–water partition coefficient (Wildman–Crippen LogP) is 3.10. The van der Waals surface area contributed by atoms with Gasteiger partial charge in [0, 0.05) is 45.0 Å². The van der Waals surface area contributed by atoms with Crippen molar-refractivity contribution in [2.45, 2.75) is 19.4 Å². The van der Waals surface area contributed by atoms with Crippen molar-refractivity contribution >= 4 is 11.4 Å². The van der Waals surface area contributed by atoms with E-state index in [1.807, 2.05) is 12.1 Å². The molecule has 1 saturated heterocycles. The van der Waals surface area contributed by atoms with Crippen LogP contribution in [0.25, 0.3) is 0 Å². The fourth-order valence-corrected chi connectivity index (χ4v) is 3.45. The van der Waals surface area contributed by atoms with Crippen LogP contribution in [0, 0.1) is 17.2 Å². The first kappa shape index (κ1) is 16.9. The largest absolute Gasteiger partial charge is 0.380 e.